The van der Waals surface area contributed by atoms with Gasteiger partial charge >= 0.3 is 6.18 Å². The number of fused-ring (bicyclic) bond motifs is 1. The molecular weight excluding hydrogens is 197 g/mol. The first-order chi connectivity index (χ1) is 6.57. The quantitative estimate of drug-likeness (QED) is 0.646. The van der Waals surface area contributed by atoms with E-state index in [1.165, 1.54) is 6.07 Å². The van der Waals surface area contributed by atoms with Gasteiger partial charge in [0.25, 0.3) is 0 Å². The van der Waals surface area contributed by atoms with Gasteiger partial charge in [0.15, 0.2) is 11.5 Å². The molecule has 1 heterocycles. The Hall–Kier alpha value is -1.39. The summed E-state index contributed by atoms with van der Waals surface area (Å²) in [5.41, 5.74) is -0.721. The van der Waals surface area contributed by atoms with Gasteiger partial charge in [-0.05, 0) is 18.2 Å². The Morgan fingerprint density at radius 2 is 1.64 bits per heavy atom. The van der Waals surface area contributed by atoms with Crippen molar-refractivity contribution in [2.45, 2.75) is 6.18 Å². The van der Waals surface area contributed by atoms with E-state index in [0.717, 1.165) is 12.1 Å². The van der Waals surface area contributed by atoms with Crippen LogP contribution in [0.2, 0.25) is 0 Å². The highest BCUT2D eigenvalue weighted by molar-refractivity contribution is 5.44. The molecule has 0 unspecified atom stereocenters. The van der Waals surface area contributed by atoms with Crippen LogP contribution in [0.15, 0.2) is 18.2 Å². The van der Waals surface area contributed by atoms with Crippen molar-refractivity contribution >= 4 is 0 Å². The molecule has 14 heavy (non-hydrogen) atoms. The second-order valence-electron chi connectivity index (χ2n) is 2.86. The van der Waals surface area contributed by atoms with E-state index in [1.807, 2.05) is 0 Å². The zero-order chi connectivity index (χ0) is 10.2. The molecular formula is C9H7F3O2. The van der Waals surface area contributed by atoms with Crippen molar-refractivity contribution in [3.8, 4) is 11.5 Å². The van der Waals surface area contributed by atoms with Gasteiger partial charge in [0.2, 0.25) is 0 Å². The maximum Gasteiger partial charge on any atom is 0.416 e. The molecule has 0 aliphatic carbocycles. The standard InChI is InChI=1S/C9H7F3O2/c10-9(11,12)6-1-2-7-8(5-6)14-4-3-13-7/h1-2,5H,3-4H2. The van der Waals surface area contributed by atoms with Crippen molar-refractivity contribution in [1.82, 2.24) is 0 Å². The van der Waals surface area contributed by atoms with Gasteiger partial charge in [0.1, 0.15) is 13.2 Å². The number of benzene rings is 1. The molecule has 5 heteroatoms. The normalized spacial score (nSPS) is 15.4. The highest BCUT2D eigenvalue weighted by atomic mass is 19.4. The number of halogens is 3. The summed E-state index contributed by atoms with van der Waals surface area (Å²) < 4.78 is 46.9. The van der Waals surface area contributed by atoms with Gasteiger partial charge in [0.05, 0.1) is 5.56 Å². The van der Waals surface area contributed by atoms with E-state index < -0.39 is 11.7 Å². The van der Waals surface area contributed by atoms with Crippen LogP contribution in [0.5, 0.6) is 11.5 Å². The van der Waals surface area contributed by atoms with Crippen LogP contribution in [0.3, 0.4) is 0 Å². The van der Waals surface area contributed by atoms with Gasteiger partial charge < -0.3 is 9.47 Å². The first-order valence-corrected chi connectivity index (χ1v) is 4.04. The zero-order valence-electron chi connectivity index (χ0n) is 7.10. The Morgan fingerprint density at radius 1 is 1.00 bits per heavy atom. The molecule has 1 aliphatic rings. The molecule has 0 N–H and O–H groups in total. The average molecular weight is 204 g/mol. The number of ether oxygens (including phenoxy) is 2. The topological polar surface area (TPSA) is 18.5 Å². The van der Waals surface area contributed by atoms with Crippen molar-refractivity contribution in [2.75, 3.05) is 13.2 Å². The molecule has 1 aromatic rings. The van der Waals surface area contributed by atoms with Crippen molar-refractivity contribution < 1.29 is 22.6 Å². The number of hydrogen-bond donors (Lipinski definition) is 0. The molecule has 1 aromatic carbocycles. The predicted molar refractivity (Wildman–Crippen MR) is 42.4 cm³/mol. The van der Waals surface area contributed by atoms with E-state index in [2.05, 4.69) is 0 Å². The van der Waals surface area contributed by atoms with Gasteiger partial charge in [-0.3, -0.25) is 0 Å². The molecule has 2 rings (SSSR count). The minimum atomic E-state index is -4.34. The fraction of sp³-hybridized carbons (Fsp3) is 0.333. The molecule has 0 spiro atoms. The van der Waals surface area contributed by atoms with E-state index in [9.17, 15) is 13.2 Å². The van der Waals surface area contributed by atoms with Crippen LogP contribution in [0.1, 0.15) is 5.56 Å². The molecule has 2 nitrogen and oxygen atoms in total. The maximum atomic E-state index is 12.3. The van der Waals surface area contributed by atoms with E-state index in [1.54, 1.807) is 0 Å². The monoisotopic (exact) mass is 204 g/mol. The molecule has 0 bridgehead atoms. The van der Waals surface area contributed by atoms with Gasteiger partial charge in [0, 0.05) is 0 Å². The SMILES string of the molecule is FC(F)(F)c1ccc2c(c1)OCCO2. The van der Waals surface area contributed by atoms with E-state index in [0.29, 0.717) is 12.4 Å². The molecule has 76 valence electrons. The van der Waals surface area contributed by atoms with Crippen molar-refractivity contribution in [3.05, 3.63) is 23.8 Å². The second-order valence-corrected chi connectivity index (χ2v) is 2.86. The third-order valence-electron chi connectivity index (χ3n) is 1.87. The first kappa shape index (κ1) is 9.18. The van der Waals surface area contributed by atoms with Gasteiger partial charge in [-0.1, -0.05) is 0 Å². The molecule has 1 aliphatic heterocycles. The summed E-state index contributed by atoms with van der Waals surface area (Å²) in [4.78, 5) is 0. The van der Waals surface area contributed by atoms with Crippen LogP contribution in [-0.2, 0) is 6.18 Å². The molecule has 0 amide bonds. The van der Waals surface area contributed by atoms with Crippen LogP contribution >= 0.6 is 0 Å². The third-order valence-corrected chi connectivity index (χ3v) is 1.87. The second kappa shape index (κ2) is 3.08. The summed E-state index contributed by atoms with van der Waals surface area (Å²) >= 11 is 0. The van der Waals surface area contributed by atoms with Crippen LogP contribution in [0, 0.1) is 0 Å². The Balaban J connectivity index is 2.39. The first-order valence-electron chi connectivity index (χ1n) is 4.04. The minimum Gasteiger partial charge on any atom is -0.486 e. The van der Waals surface area contributed by atoms with Crippen molar-refractivity contribution in [1.29, 1.82) is 0 Å². The predicted octanol–water partition coefficient (Wildman–Crippen LogP) is 2.48. The summed E-state index contributed by atoms with van der Waals surface area (Å²) in [6, 6.07) is 3.21. The molecule has 0 fully saturated rings. The van der Waals surface area contributed by atoms with Gasteiger partial charge in [-0.15, -0.1) is 0 Å². The Morgan fingerprint density at radius 3 is 2.29 bits per heavy atom. The average Bonchev–Trinajstić information content (AvgIpc) is 2.16. The Bertz CT molecular complexity index is 346. The summed E-state index contributed by atoms with van der Waals surface area (Å²) in [7, 11) is 0. The number of hydrogen-bond acceptors (Lipinski definition) is 2. The van der Waals surface area contributed by atoms with Gasteiger partial charge in [-0.25, -0.2) is 0 Å². The fourth-order valence-corrected chi connectivity index (χ4v) is 1.22. The molecule has 0 atom stereocenters. The lowest BCUT2D eigenvalue weighted by Gasteiger charge is -2.19. The highest BCUT2D eigenvalue weighted by Crippen LogP contribution is 2.37. The van der Waals surface area contributed by atoms with Crippen molar-refractivity contribution in [3.63, 3.8) is 0 Å². The smallest absolute Gasteiger partial charge is 0.416 e. The number of alkyl halides is 3. The lowest BCUT2D eigenvalue weighted by atomic mass is 10.2. The molecule has 0 saturated heterocycles. The van der Waals surface area contributed by atoms with E-state index in [-0.39, 0.29) is 12.4 Å². The fourth-order valence-electron chi connectivity index (χ4n) is 1.22. The van der Waals surface area contributed by atoms with Crippen LogP contribution < -0.4 is 9.47 Å². The maximum absolute atomic E-state index is 12.3. The lowest BCUT2D eigenvalue weighted by molar-refractivity contribution is -0.137. The molecule has 0 aromatic heterocycles. The number of rotatable bonds is 0. The Kier molecular flexibility index (Phi) is 2.02. The van der Waals surface area contributed by atoms with E-state index >= 15 is 0 Å². The Labute approximate surface area is 78.2 Å². The zero-order valence-corrected chi connectivity index (χ0v) is 7.10. The summed E-state index contributed by atoms with van der Waals surface area (Å²) in [5.74, 6) is 0.523. The highest BCUT2D eigenvalue weighted by Gasteiger charge is 2.31. The van der Waals surface area contributed by atoms with Crippen LogP contribution in [-0.4, -0.2) is 13.2 Å². The van der Waals surface area contributed by atoms with Crippen LogP contribution in [0.4, 0.5) is 13.2 Å². The molecule has 0 radical (unpaired) electrons. The molecule has 0 saturated carbocycles. The largest absolute Gasteiger partial charge is 0.486 e. The lowest BCUT2D eigenvalue weighted by Crippen LogP contribution is -2.16. The third kappa shape index (κ3) is 1.62. The van der Waals surface area contributed by atoms with Crippen molar-refractivity contribution in [2.24, 2.45) is 0 Å². The van der Waals surface area contributed by atoms with Crippen LogP contribution in [0.25, 0.3) is 0 Å². The minimum absolute atomic E-state index is 0.158. The van der Waals surface area contributed by atoms with E-state index in [4.69, 9.17) is 9.47 Å². The summed E-state index contributed by atoms with van der Waals surface area (Å²) in [6.07, 6.45) is -4.34. The summed E-state index contributed by atoms with van der Waals surface area (Å²) in [6.45, 7) is 0.659. The summed E-state index contributed by atoms with van der Waals surface area (Å²) in [5, 5.41) is 0. The van der Waals surface area contributed by atoms with Gasteiger partial charge in [-0.2, -0.15) is 13.2 Å².